The second-order valence-corrected chi connectivity index (χ2v) is 4.82. The predicted molar refractivity (Wildman–Crippen MR) is 87.2 cm³/mol. The van der Waals surface area contributed by atoms with E-state index >= 15 is 0 Å². The highest BCUT2D eigenvalue weighted by Crippen LogP contribution is 2.10. The van der Waals surface area contributed by atoms with Gasteiger partial charge in [0.1, 0.15) is 0 Å². The molecule has 0 aliphatic rings. The Morgan fingerprint density at radius 1 is 1.33 bits per heavy atom. The van der Waals surface area contributed by atoms with E-state index in [1.54, 1.807) is 6.07 Å². The van der Waals surface area contributed by atoms with Crippen LogP contribution in [0.15, 0.2) is 18.2 Å². The largest absolute Gasteiger partial charge is 0.351 e. The molecule has 0 fully saturated rings. The lowest BCUT2D eigenvalue weighted by Gasteiger charge is -2.18. The van der Waals surface area contributed by atoms with Crippen LogP contribution in [0.2, 0.25) is 0 Å². The van der Waals surface area contributed by atoms with Crippen molar-refractivity contribution in [3.63, 3.8) is 0 Å². The Kier molecular flexibility index (Phi) is 7.52. The normalized spacial score (nSPS) is 10.1. The summed E-state index contributed by atoms with van der Waals surface area (Å²) in [7, 11) is 0. The van der Waals surface area contributed by atoms with E-state index in [-0.39, 0.29) is 5.91 Å². The Morgan fingerprint density at radius 2 is 2.05 bits per heavy atom. The topological polar surface area (TPSA) is 58.4 Å². The number of hydrogen-bond acceptors (Lipinski definition) is 3. The van der Waals surface area contributed by atoms with Crippen molar-refractivity contribution in [2.45, 2.75) is 20.8 Å². The van der Waals surface area contributed by atoms with Gasteiger partial charge in [0.05, 0.1) is 6.54 Å². The number of hydrogen-bond donors (Lipinski definition) is 2. The van der Waals surface area contributed by atoms with Crippen LogP contribution < -0.4 is 11.1 Å². The second-order valence-electron chi connectivity index (χ2n) is 4.82. The second kappa shape index (κ2) is 9.17. The molecule has 0 spiro atoms. The summed E-state index contributed by atoms with van der Waals surface area (Å²) in [5.74, 6) is 5.79. The molecule has 1 aromatic carbocycles. The van der Waals surface area contributed by atoms with E-state index in [9.17, 15) is 4.79 Å². The van der Waals surface area contributed by atoms with Crippen molar-refractivity contribution in [2.75, 3.05) is 32.7 Å². The zero-order valence-electron chi connectivity index (χ0n) is 13.2. The quantitative estimate of drug-likeness (QED) is 0.777. The number of amides is 1. The van der Waals surface area contributed by atoms with Crippen LogP contribution in [0.3, 0.4) is 0 Å². The maximum absolute atomic E-state index is 12.1. The maximum atomic E-state index is 12.1. The van der Waals surface area contributed by atoms with Crippen molar-refractivity contribution in [2.24, 2.45) is 5.73 Å². The zero-order chi connectivity index (χ0) is 15.7. The molecule has 0 atom stereocenters. The molecule has 3 N–H and O–H groups in total. The summed E-state index contributed by atoms with van der Waals surface area (Å²) < 4.78 is 0. The third-order valence-electron chi connectivity index (χ3n) is 3.42. The van der Waals surface area contributed by atoms with E-state index in [4.69, 9.17) is 5.73 Å². The van der Waals surface area contributed by atoms with Crippen molar-refractivity contribution in [3.8, 4) is 11.8 Å². The van der Waals surface area contributed by atoms with Gasteiger partial charge in [0.25, 0.3) is 5.91 Å². The maximum Gasteiger partial charge on any atom is 0.251 e. The number of carbonyl (C=O) groups is 1. The van der Waals surface area contributed by atoms with Crippen molar-refractivity contribution < 1.29 is 4.79 Å². The first-order chi connectivity index (χ1) is 10.1. The van der Waals surface area contributed by atoms with Gasteiger partial charge in [0, 0.05) is 24.2 Å². The molecule has 0 saturated heterocycles. The van der Waals surface area contributed by atoms with E-state index in [2.05, 4.69) is 35.9 Å². The number of carbonyl (C=O) groups excluding carboxylic acids is 1. The van der Waals surface area contributed by atoms with Crippen LogP contribution in [-0.4, -0.2) is 43.5 Å². The lowest BCUT2D eigenvalue weighted by molar-refractivity contribution is 0.0949. The van der Waals surface area contributed by atoms with Crippen LogP contribution in [0, 0.1) is 18.8 Å². The summed E-state index contributed by atoms with van der Waals surface area (Å²) in [6.45, 7) is 10.1. The highest BCUT2D eigenvalue weighted by Gasteiger charge is 2.07. The molecule has 0 aliphatic heterocycles. The minimum Gasteiger partial charge on any atom is -0.351 e. The number of nitrogens with one attached hydrogen (secondary N) is 1. The lowest BCUT2D eigenvalue weighted by Crippen LogP contribution is -2.34. The molecule has 0 aromatic heterocycles. The average Bonchev–Trinajstić information content (AvgIpc) is 2.50. The van der Waals surface area contributed by atoms with Gasteiger partial charge in [-0.2, -0.15) is 0 Å². The Labute approximate surface area is 127 Å². The highest BCUT2D eigenvalue weighted by molar-refractivity contribution is 5.94. The van der Waals surface area contributed by atoms with Gasteiger partial charge in [0.15, 0.2) is 0 Å². The van der Waals surface area contributed by atoms with Crippen LogP contribution in [0.1, 0.15) is 35.3 Å². The molecule has 1 aromatic rings. The molecular weight excluding hydrogens is 262 g/mol. The smallest absolute Gasteiger partial charge is 0.251 e. The molecule has 0 unspecified atom stereocenters. The molecule has 0 saturated carbocycles. The van der Waals surface area contributed by atoms with Crippen LogP contribution >= 0.6 is 0 Å². The monoisotopic (exact) mass is 287 g/mol. The molecule has 21 heavy (non-hydrogen) atoms. The molecule has 0 aliphatic carbocycles. The Balaban J connectivity index is 2.61. The van der Waals surface area contributed by atoms with Crippen molar-refractivity contribution in [1.29, 1.82) is 0 Å². The van der Waals surface area contributed by atoms with E-state index < -0.39 is 0 Å². The standard InChI is InChI=1S/C17H25N3O/c1-4-20(5-2)12-11-19-17(21)16-9-8-15(7-6-10-18)14(3)13-16/h8-9,13H,4-5,10-12,18H2,1-3H3,(H,19,21). The number of aryl methyl sites for hydroxylation is 1. The summed E-state index contributed by atoms with van der Waals surface area (Å²) in [5, 5.41) is 2.95. The molecule has 1 amide bonds. The van der Waals surface area contributed by atoms with Gasteiger partial charge in [-0.1, -0.05) is 25.7 Å². The number of nitrogens with two attached hydrogens (primary N) is 1. The Hall–Kier alpha value is -1.83. The third kappa shape index (κ3) is 5.58. The molecule has 4 heteroatoms. The van der Waals surface area contributed by atoms with Crippen LogP contribution in [0.5, 0.6) is 0 Å². The fraction of sp³-hybridized carbons (Fsp3) is 0.471. The summed E-state index contributed by atoms with van der Waals surface area (Å²) in [5.41, 5.74) is 7.95. The van der Waals surface area contributed by atoms with Gasteiger partial charge >= 0.3 is 0 Å². The van der Waals surface area contributed by atoms with Gasteiger partial charge in [-0.15, -0.1) is 0 Å². The van der Waals surface area contributed by atoms with Gasteiger partial charge in [0.2, 0.25) is 0 Å². The van der Waals surface area contributed by atoms with Gasteiger partial charge in [-0.05, 0) is 43.8 Å². The van der Waals surface area contributed by atoms with Gasteiger partial charge in [-0.25, -0.2) is 0 Å². The number of nitrogens with zero attached hydrogens (tertiary/aromatic N) is 1. The summed E-state index contributed by atoms with van der Waals surface area (Å²) >= 11 is 0. The first kappa shape index (κ1) is 17.2. The molecule has 0 bridgehead atoms. The Bertz CT molecular complexity index is 525. The lowest BCUT2D eigenvalue weighted by atomic mass is 10.0. The summed E-state index contributed by atoms with van der Waals surface area (Å²) in [4.78, 5) is 14.4. The van der Waals surface area contributed by atoms with Crippen molar-refractivity contribution in [3.05, 3.63) is 34.9 Å². The van der Waals surface area contributed by atoms with Crippen LogP contribution in [0.25, 0.3) is 0 Å². The fourth-order valence-electron chi connectivity index (χ4n) is 2.06. The first-order valence-electron chi connectivity index (χ1n) is 7.42. The summed E-state index contributed by atoms with van der Waals surface area (Å²) in [6, 6.07) is 5.55. The van der Waals surface area contributed by atoms with E-state index in [1.165, 1.54) is 0 Å². The molecule has 0 heterocycles. The van der Waals surface area contributed by atoms with E-state index in [0.29, 0.717) is 18.7 Å². The molecule has 1 rings (SSSR count). The molecule has 4 nitrogen and oxygen atoms in total. The molecular formula is C17H25N3O. The average molecular weight is 287 g/mol. The van der Waals surface area contributed by atoms with Gasteiger partial charge < -0.3 is 16.0 Å². The third-order valence-corrected chi connectivity index (χ3v) is 3.42. The SMILES string of the molecule is CCN(CC)CCNC(=O)c1ccc(C#CCN)c(C)c1. The van der Waals surface area contributed by atoms with Crippen molar-refractivity contribution in [1.82, 2.24) is 10.2 Å². The summed E-state index contributed by atoms with van der Waals surface area (Å²) in [6.07, 6.45) is 0. The molecule has 114 valence electrons. The van der Waals surface area contributed by atoms with E-state index in [0.717, 1.165) is 30.8 Å². The first-order valence-corrected chi connectivity index (χ1v) is 7.42. The minimum absolute atomic E-state index is 0.0383. The van der Waals surface area contributed by atoms with Crippen molar-refractivity contribution >= 4 is 5.91 Å². The zero-order valence-corrected chi connectivity index (χ0v) is 13.2. The number of likely N-dealkylation sites (N-methyl/N-ethyl adjacent to an activating group) is 1. The fourth-order valence-corrected chi connectivity index (χ4v) is 2.06. The number of benzene rings is 1. The van der Waals surface area contributed by atoms with Crippen LogP contribution in [-0.2, 0) is 0 Å². The van der Waals surface area contributed by atoms with E-state index in [1.807, 2.05) is 19.1 Å². The Morgan fingerprint density at radius 3 is 2.62 bits per heavy atom. The highest BCUT2D eigenvalue weighted by atomic mass is 16.1. The number of rotatable bonds is 6. The predicted octanol–water partition coefficient (Wildman–Crippen LogP) is 1.38. The van der Waals surface area contributed by atoms with Crippen LogP contribution in [0.4, 0.5) is 0 Å². The van der Waals surface area contributed by atoms with Gasteiger partial charge in [-0.3, -0.25) is 4.79 Å². The molecule has 0 radical (unpaired) electrons. The minimum atomic E-state index is -0.0383.